The molecule has 0 saturated carbocycles. The Labute approximate surface area is 174 Å². The summed E-state index contributed by atoms with van der Waals surface area (Å²) in [4.78, 5) is 14.9. The van der Waals surface area contributed by atoms with E-state index >= 15 is 0 Å². The van der Waals surface area contributed by atoms with E-state index in [1.807, 2.05) is 31.2 Å². The highest BCUT2D eigenvalue weighted by Crippen LogP contribution is 2.19. The van der Waals surface area contributed by atoms with Crippen LogP contribution in [0.25, 0.3) is 0 Å². The van der Waals surface area contributed by atoms with Gasteiger partial charge < -0.3 is 5.32 Å². The van der Waals surface area contributed by atoms with Crippen molar-refractivity contribution >= 4 is 21.4 Å². The third-order valence-corrected chi connectivity index (χ3v) is 7.23. The van der Waals surface area contributed by atoms with Gasteiger partial charge in [-0.15, -0.1) is 0 Å². The maximum atomic E-state index is 12.4. The summed E-state index contributed by atoms with van der Waals surface area (Å²) in [5.74, 6) is 0.324. The maximum absolute atomic E-state index is 12.4. The average molecular weight is 415 g/mol. The second kappa shape index (κ2) is 9.55. The van der Waals surface area contributed by atoms with Gasteiger partial charge in [0.15, 0.2) is 9.84 Å². The first-order valence-electron chi connectivity index (χ1n) is 10.2. The fraction of sp³-hybridized carbons (Fsp3) is 0.435. The Bertz CT molecular complexity index is 914. The van der Waals surface area contributed by atoms with Crippen LogP contribution < -0.4 is 5.32 Å². The Morgan fingerprint density at radius 1 is 1.03 bits per heavy atom. The molecule has 0 radical (unpaired) electrons. The third-order valence-electron chi connectivity index (χ3n) is 5.50. The first-order chi connectivity index (χ1) is 13.8. The molecule has 2 aromatic carbocycles. The van der Waals surface area contributed by atoms with Crippen LogP contribution in [0.3, 0.4) is 0 Å². The number of likely N-dealkylation sites (tertiary alicyclic amines) is 1. The lowest BCUT2D eigenvalue weighted by Crippen LogP contribution is -2.32. The Balaban J connectivity index is 1.48. The summed E-state index contributed by atoms with van der Waals surface area (Å²) in [6, 6.07) is 14.5. The summed E-state index contributed by atoms with van der Waals surface area (Å²) in [6.07, 6.45) is 2.43. The van der Waals surface area contributed by atoms with Crippen LogP contribution in [-0.4, -0.2) is 38.1 Å². The molecule has 1 saturated heterocycles. The number of nitrogens with one attached hydrogen (secondary N) is 1. The highest BCUT2D eigenvalue weighted by molar-refractivity contribution is 7.91. The fourth-order valence-electron chi connectivity index (χ4n) is 3.49. The summed E-state index contributed by atoms with van der Waals surface area (Å²) < 4.78 is 24.7. The van der Waals surface area contributed by atoms with Gasteiger partial charge in [0.2, 0.25) is 5.91 Å². The number of amides is 1. The average Bonchev–Trinajstić information content (AvgIpc) is 2.70. The number of piperidine rings is 1. The van der Waals surface area contributed by atoms with Gasteiger partial charge in [-0.2, -0.15) is 0 Å². The summed E-state index contributed by atoms with van der Waals surface area (Å²) in [5.41, 5.74) is 2.92. The molecule has 1 N–H and O–H groups in total. The van der Waals surface area contributed by atoms with E-state index in [0.29, 0.717) is 5.69 Å². The number of benzene rings is 2. The van der Waals surface area contributed by atoms with Crippen LogP contribution in [0.1, 0.15) is 37.3 Å². The molecule has 1 aliphatic heterocycles. The van der Waals surface area contributed by atoms with Gasteiger partial charge in [-0.25, -0.2) is 8.42 Å². The molecule has 0 aromatic heterocycles. The molecule has 0 unspecified atom stereocenters. The van der Waals surface area contributed by atoms with Crippen molar-refractivity contribution < 1.29 is 13.2 Å². The normalized spacial score (nSPS) is 15.9. The zero-order valence-electron chi connectivity index (χ0n) is 17.2. The number of aryl methyl sites for hydroxylation is 1. The van der Waals surface area contributed by atoms with Gasteiger partial charge in [0.25, 0.3) is 0 Å². The zero-order valence-corrected chi connectivity index (χ0v) is 18.0. The van der Waals surface area contributed by atoms with Crippen LogP contribution in [0.2, 0.25) is 0 Å². The molecule has 1 heterocycles. The van der Waals surface area contributed by atoms with Gasteiger partial charge in [-0.05, 0) is 68.6 Å². The molecule has 1 aliphatic rings. The molecular weight excluding hydrogens is 384 g/mol. The molecule has 0 bridgehead atoms. The quantitative estimate of drug-likeness (QED) is 0.743. The lowest BCUT2D eigenvalue weighted by Gasteiger charge is -2.30. The molecule has 0 aliphatic carbocycles. The van der Waals surface area contributed by atoms with Gasteiger partial charge in [-0.1, -0.05) is 36.8 Å². The van der Waals surface area contributed by atoms with Gasteiger partial charge in [-0.3, -0.25) is 9.69 Å². The highest BCUT2D eigenvalue weighted by atomic mass is 32.2. The van der Waals surface area contributed by atoms with Crippen molar-refractivity contribution in [1.82, 2.24) is 4.90 Å². The van der Waals surface area contributed by atoms with Crippen molar-refractivity contribution in [2.45, 2.75) is 44.6 Å². The number of anilines is 1. The van der Waals surface area contributed by atoms with E-state index in [4.69, 9.17) is 0 Å². The highest BCUT2D eigenvalue weighted by Gasteiger charge is 2.17. The van der Waals surface area contributed by atoms with Gasteiger partial charge in [0.05, 0.1) is 10.6 Å². The van der Waals surface area contributed by atoms with Crippen molar-refractivity contribution in [3.63, 3.8) is 0 Å². The van der Waals surface area contributed by atoms with Crippen LogP contribution in [-0.2, 0) is 21.2 Å². The van der Waals surface area contributed by atoms with Crippen LogP contribution in [0.4, 0.5) is 5.69 Å². The summed E-state index contributed by atoms with van der Waals surface area (Å²) in [6.45, 7) is 7.41. The molecular formula is C23H30N2O3S. The van der Waals surface area contributed by atoms with Crippen molar-refractivity contribution in [1.29, 1.82) is 0 Å². The van der Waals surface area contributed by atoms with Crippen molar-refractivity contribution in [3.8, 4) is 0 Å². The predicted octanol–water partition coefficient (Wildman–Crippen LogP) is 4.03. The number of rotatable bonds is 7. The lowest BCUT2D eigenvalue weighted by atomic mass is 9.99. The van der Waals surface area contributed by atoms with Gasteiger partial charge in [0, 0.05) is 18.7 Å². The molecule has 2 aromatic rings. The van der Waals surface area contributed by atoms with Crippen molar-refractivity contribution in [2.75, 3.05) is 24.2 Å². The summed E-state index contributed by atoms with van der Waals surface area (Å²) >= 11 is 0. The predicted molar refractivity (Wildman–Crippen MR) is 117 cm³/mol. The molecule has 6 heteroatoms. The molecule has 29 heavy (non-hydrogen) atoms. The standard InChI is InChI=1S/C23H30N2O3S/c1-18-3-9-22(10-4-18)29(27,28)16-13-23(26)24-21-7-5-20(6-8-21)17-25-14-11-19(2)12-15-25/h3-10,19H,11-17H2,1-2H3,(H,24,26). The largest absolute Gasteiger partial charge is 0.326 e. The minimum Gasteiger partial charge on any atom is -0.326 e. The van der Waals surface area contributed by atoms with Crippen LogP contribution >= 0.6 is 0 Å². The van der Waals surface area contributed by atoms with Crippen LogP contribution in [0.5, 0.6) is 0 Å². The third kappa shape index (κ3) is 6.41. The molecule has 156 valence electrons. The number of hydrogen-bond donors (Lipinski definition) is 1. The van der Waals surface area contributed by atoms with E-state index in [-0.39, 0.29) is 23.0 Å². The van der Waals surface area contributed by atoms with E-state index in [9.17, 15) is 13.2 Å². The molecule has 1 amide bonds. The number of carbonyl (C=O) groups excluding carboxylic acids is 1. The van der Waals surface area contributed by atoms with Crippen LogP contribution in [0.15, 0.2) is 53.4 Å². The Hall–Kier alpha value is -2.18. The van der Waals surface area contributed by atoms with E-state index in [1.54, 1.807) is 24.3 Å². The number of hydrogen-bond acceptors (Lipinski definition) is 4. The molecule has 0 atom stereocenters. The molecule has 1 fully saturated rings. The summed E-state index contributed by atoms with van der Waals surface area (Å²) in [7, 11) is -3.46. The molecule has 0 spiro atoms. The number of nitrogens with zero attached hydrogens (tertiary/aromatic N) is 1. The summed E-state index contributed by atoms with van der Waals surface area (Å²) in [5, 5.41) is 2.79. The van der Waals surface area contributed by atoms with Crippen LogP contribution in [0, 0.1) is 12.8 Å². The fourth-order valence-corrected chi connectivity index (χ4v) is 4.73. The Morgan fingerprint density at radius 2 is 1.66 bits per heavy atom. The van der Waals surface area contributed by atoms with E-state index in [1.165, 1.54) is 18.4 Å². The minimum absolute atomic E-state index is 0.0656. The van der Waals surface area contributed by atoms with Gasteiger partial charge >= 0.3 is 0 Å². The second-order valence-electron chi connectivity index (χ2n) is 8.09. The Morgan fingerprint density at radius 3 is 2.28 bits per heavy atom. The smallest absolute Gasteiger partial charge is 0.225 e. The van der Waals surface area contributed by atoms with Gasteiger partial charge in [0.1, 0.15) is 0 Å². The first-order valence-corrected chi connectivity index (χ1v) is 11.9. The zero-order chi connectivity index (χ0) is 20.9. The second-order valence-corrected chi connectivity index (χ2v) is 10.2. The maximum Gasteiger partial charge on any atom is 0.225 e. The van der Waals surface area contributed by atoms with E-state index < -0.39 is 9.84 Å². The van der Waals surface area contributed by atoms with Crippen molar-refractivity contribution in [2.24, 2.45) is 5.92 Å². The van der Waals surface area contributed by atoms with E-state index in [0.717, 1.165) is 31.1 Å². The molecule has 3 rings (SSSR count). The number of sulfone groups is 1. The monoisotopic (exact) mass is 414 g/mol. The van der Waals surface area contributed by atoms with Crippen molar-refractivity contribution in [3.05, 3.63) is 59.7 Å². The molecule has 5 nitrogen and oxygen atoms in total. The Kier molecular flexibility index (Phi) is 7.09. The topological polar surface area (TPSA) is 66.5 Å². The lowest BCUT2D eigenvalue weighted by molar-refractivity contribution is -0.115. The first kappa shape index (κ1) is 21.5. The number of carbonyl (C=O) groups is 1. The minimum atomic E-state index is -3.46. The SMILES string of the molecule is Cc1ccc(S(=O)(=O)CCC(=O)Nc2ccc(CN3CCC(C)CC3)cc2)cc1. The van der Waals surface area contributed by atoms with E-state index in [2.05, 4.69) is 17.1 Å².